The second-order valence-corrected chi connectivity index (χ2v) is 6.32. The number of aromatic carboxylic acids is 1. The van der Waals surface area contributed by atoms with E-state index in [0.29, 0.717) is 5.69 Å². The van der Waals surface area contributed by atoms with E-state index in [-0.39, 0.29) is 22.9 Å². The maximum Gasteiger partial charge on any atom is 0.354 e. The highest BCUT2D eigenvalue weighted by atomic mass is 16.4. The molecule has 1 atom stereocenters. The number of carboxylic acids is 1. The summed E-state index contributed by atoms with van der Waals surface area (Å²) in [6.07, 6.45) is 4.10. The molecule has 0 radical (unpaired) electrons. The lowest BCUT2D eigenvalue weighted by Crippen LogP contribution is -2.37. The Kier molecular flexibility index (Phi) is 3.88. The summed E-state index contributed by atoms with van der Waals surface area (Å²) in [5.41, 5.74) is 1.10. The highest BCUT2D eigenvalue weighted by Crippen LogP contribution is 2.41. The molecule has 1 aliphatic rings. The van der Waals surface area contributed by atoms with Crippen LogP contribution >= 0.6 is 0 Å². The topological polar surface area (TPSA) is 82.2 Å². The van der Waals surface area contributed by atoms with E-state index in [2.05, 4.69) is 24.1 Å². The number of carboxylic acid groups (broad SMARTS) is 1. The van der Waals surface area contributed by atoms with Crippen LogP contribution < -0.4 is 5.32 Å². The number of aryl methyl sites for hydroxylation is 1. The summed E-state index contributed by atoms with van der Waals surface area (Å²) in [4.78, 5) is 26.3. The summed E-state index contributed by atoms with van der Waals surface area (Å²) in [5.74, 6) is -1.19. The molecule has 0 bridgehead atoms. The number of nitrogens with one attached hydrogen (secondary N) is 2. The number of rotatable bonds is 3. The summed E-state index contributed by atoms with van der Waals surface area (Å²) in [6.45, 7) is 5.99. The highest BCUT2D eigenvalue weighted by molar-refractivity contribution is 6.00. The van der Waals surface area contributed by atoms with Crippen molar-refractivity contribution in [3.63, 3.8) is 0 Å². The van der Waals surface area contributed by atoms with E-state index < -0.39 is 5.97 Å². The quantitative estimate of drug-likeness (QED) is 0.794. The molecule has 0 spiro atoms. The molecule has 0 aliphatic heterocycles. The van der Waals surface area contributed by atoms with Crippen molar-refractivity contribution in [2.75, 3.05) is 5.32 Å². The van der Waals surface area contributed by atoms with Gasteiger partial charge in [-0.05, 0) is 31.2 Å². The van der Waals surface area contributed by atoms with Crippen LogP contribution in [-0.2, 0) is 4.79 Å². The Balaban J connectivity index is 2.17. The molecule has 20 heavy (non-hydrogen) atoms. The van der Waals surface area contributed by atoms with Gasteiger partial charge in [-0.3, -0.25) is 4.79 Å². The lowest BCUT2D eigenvalue weighted by atomic mass is 9.68. The summed E-state index contributed by atoms with van der Waals surface area (Å²) in [5, 5.41) is 11.9. The minimum absolute atomic E-state index is 0.0307. The van der Waals surface area contributed by atoms with Crippen LogP contribution in [0.4, 0.5) is 5.69 Å². The van der Waals surface area contributed by atoms with Crippen LogP contribution in [0.3, 0.4) is 0 Å². The second kappa shape index (κ2) is 5.31. The zero-order valence-electron chi connectivity index (χ0n) is 12.2. The number of carbonyl (C=O) groups is 2. The third-order valence-corrected chi connectivity index (χ3v) is 4.25. The maximum atomic E-state index is 12.4. The smallest absolute Gasteiger partial charge is 0.354 e. The molecule has 2 rings (SSSR count). The molecule has 5 heteroatoms. The van der Waals surface area contributed by atoms with Crippen molar-refractivity contribution < 1.29 is 14.7 Å². The van der Waals surface area contributed by atoms with Gasteiger partial charge in [-0.15, -0.1) is 0 Å². The van der Waals surface area contributed by atoms with Crippen molar-refractivity contribution in [2.45, 2.75) is 46.5 Å². The van der Waals surface area contributed by atoms with Crippen molar-refractivity contribution in [3.8, 4) is 0 Å². The fourth-order valence-corrected chi connectivity index (χ4v) is 3.06. The van der Waals surface area contributed by atoms with Gasteiger partial charge in [0.15, 0.2) is 0 Å². The van der Waals surface area contributed by atoms with Crippen LogP contribution in [0.1, 0.15) is 55.7 Å². The van der Waals surface area contributed by atoms with Gasteiger partial charge in [0.1, 0.15) is 5.69 Å². The minimum Gasteiger partial charge on any atom is -0.477 e. The van der Waals surface area contributed by atoms with E-state index in [0.717, 1.165) is 31.4 Å². The Morgan fingerprint density at radius 2 is 2.10 bits per heavy atom. The first kappa shape index (κ1) is 14.6. The number of carbonyl (C=O) groups excluding carboxylic acids is 1. The molecule has 110 valence electrons. The van der Waals surface area contributed by atoms with E-state index in [1.165, 1.54) is 0 Å². The molecule has 0 aromatic carbocycles. The maximum absolute atomic E-state index is 12.4. The van der Waals surface area contributed by atoms with Crippen molar-refractivity contribution in [1.82, 2.24) is 4.98 Å². The van der Waals surface area contributed by atoms with Gasteiger partial charge in [-0.25, -0.2) is 4.79 Å². The van der Waals surface area contributed by atoms with Gasteiger partial charge in [0.25, 0.3) is 0 Å². The molecule has 1 unspecified atom stereocenters. The van der Waals surface area contributed by atoms with Gasteiger partial charge < -0.3 is 15.4 Å². The number of aromatic nitrogens is 1. The van der Waals surface area contributed by atoms with Gasteiger partial charge in [0, 0.05) is 11.6 Å². The third-order valence-electron chi connectivity index (χ3n) is 4.25. The van der Waals surface area contributed by atoms with E-state index in [1.807, 2.05) is 0 Å². The first-order chi connectivity index (χ1) is 9.31. The SMILES string of the molecule is Cc1cc(NC(=O)C2CCCCC2(C)C)c(C(=O)O)[nH]1. The summed E-state index contributed by atoms with van der Waals surface area (Å²) >= 11 is 0. The van der Waals surface area contributed by atoms with Crippen LogP contribution in [0.15, 0.2) is 6.07 Å². The van der Waals surface area contributed by atoms with Crippen LogP contribution in [0.2, 0.25) is 0 Å². The fourth-order valence-electron chi connectivity index (χ4n) is 3.06. The number of amides is 1. The zero-order valence-corrected chi connectivity index (χ0v) is 12.2. The molecular weight excluding hydrogens is 256 g/mol. The lowest BCUT2D eigenvalue weighted by Gasteiger charge is -2.37. The van der Waals surface area contributed by atoms with E-state index in [4.69, 9.17) is 5.11 Å². The number of hydrogen-bond donors (Lipinski definition) is 3. The molecular formula is C15H22N2O3. The molecule has 3 N–H and O–H groups in total. The Morgan fingerprint density at radius 3 is 2.70 bits per heavy atom. The Hall–Kier alpha value is -1.78. The molecule has 1 amide bonds. The van der Waals surface area contributed by atoms with E-state index in [1.54, 1.807) is 13.0 Å². The van der Waals surface area contributed by atoms with Gasteiger partial charge in [0.05, 0.1) is 5.69 Å². The average molecular weight is 278 g/mol. The highest BCUT2D eigenvalue weighted by Gasteiger charge is 2.37. The number of hydrogen-bond acceptors (Lipinski definition) is 2. The first-order valence-corrected chi connectivity index (χ1v) is 7.05. The predicted molar refractivity (Wildman–Crippen MR) is 76.9 cm³/mol. The zero-order chi connectivity index (χ0) is 14.9. The predicted octanol–water partition coefficient (Wildman–Crippen LogP) is 3.18. The number of anilines is 1. The van der Waals surface area contributed by atoms with Crippen LogP contribution in [0.5, 0.6) is 0 Å². The monoisotopic (exact) mass is 278 g/mol. The molecule has 1 aliphatic carbocycles. The normalized spacial score (nSPS) is 21.4. The average Bonchev–Trinajstić information content (AvgIpc) is 2.69. The molecule has 1 saturated carbocycles. The number of aromatic amines is 1. The van der Waals surface area contributed by atoms with Gasteiger partial charge in [-0.2, -0.15) is 0 Å². The second-order valence-electron chi connectivity index (χ2n) is 6.32. The summed E-state index contributed by atoms with van der Waals surface area (Å²) < 4.78 is 0. The minimum atomic E-state index is -1.06. The summed E-state index contributed by atoms with van der Waals surface area (Å²) in [7, 11) is 0. The van der Waals surface area contributed by atoms with Gasteiger partial charge in [0.2, 0.25) is 5.91 Å². The Labute approximate surface area is 118 Å². The molecule has 1 aromatic heterocycles. The molecule has 1 heterocycles. The van der Waals surface area contributed by atoms with Crippen LogP contribution in [0.25, 0.3) is 0 Å². The van der Waals surface area contributed by atoms with E-state index >= 15 is 0 Å². The molecule has 5 nitrogen and oxygen atoms in total. The van der Waals surface area contributed by atoms with Crippen LogP contribution in [-0.4, -0.2) is 22.0 Å². The Morgan fingerprint density at radius 1 is 1.40 bits per heavy atom. The van der Waals surface area contributed by atoms with E-state index in [9.17, 15) is 9.59 Å². The number of H-pyrrole nitrogens is 1. The van der Waals surface area contributed by atoms with Gasteiger partial charge in [-0.1, -0.05) is 26.7 Å². The molecule has 1 fully saturated rings. The van der Waals surface area contributed by atoms with Crippen LogP contribution in [0, 0.1) is 18.3 Å². The Bertz CT molecular complexity index is 531. The third kappa shape index (κ3) is 2.86. The van der Waals surface area contributed by atoms with Crippen molar-refractivity contribution in [3.05, 3.63) is 17.5 Å². The van der Waals surface area contributed by atoms with Crippen molar-refractivity contribution >= 4 is 17.6 Å². The summed E-state index contributed by atoms with van der Waals surface area (Å²) in [6, 6.07) is 1.66. The first-order valence-electron chi connectivity index (χ1n) is 7.05. The standard InChI is InChI=1S/C15H22N2O3/c1-9-8-11(12(16-9)14(19)20)17-13(18)10-6-4-5-7-15(10,2)3/h8,10,16H,4-7H2,1-3H3,(H,17,18)(H,19,20). The molecule has 0 saturated heterocycles. The largest absolute Gasteiger partial charge is 0.477 e. The van der Waals surface area contributed by atoms with Crippen molar-refractivity contribution in [1.29, 1.82) is 0 Å². The lowest BCUT2D eigenvalue weighted by molar-refractivity contribution is -0.124. The van der Waals surface area contributed by atoms with Crippen molar-refractivity contribution in [2.24, 2.45) is 11.3 Å². The fraction of sp³-hybridized carbons (Fsp3) is 0.600. The van der Waals surface area contributed by atoms with Gasteiger partial charge >= 0.3 is 5.97 Å². The molecule has 1 aromatic rings.